The Bertz CT molecular complexity index is 609. The van der Waals surface area contributed by atoms with Gasteiger partial charge in [-0.3, -0.25) is 0 Å². The lowest BCUT2D eigenvalue weighted by Gasteiger charge is -2.69. The van der Waals surface area contributed by atoms with Crippen molar-refractivity contribution in [3.63, 3.8) is 0 Å². The predicted molar refractivity (Wildman–Crippen MR) is 71.8 cm³/mol. The Morgan fingerprint density at radius 3 is 2.43 bits per heavy atom. The number of amides is 2. The lowest BCUT2D eigenvalue weighted by molar-refractivity contribution is -0.223. The monoisotopic (exact) mass is 334 g/mol. The van der Waals surface area contributed by atoms with Crippen molar-refractivity contribution in [2.75, 3.05) is 0 Å². The molecule has 3 fully saturated rings. The molecule has 2 amide bonds. The van der Waals surface area contributed by atoms with Gasteiger partial charge >= 0.3 is 12.2 Å². The Morgan fingerprint density at radius 1 is 1.22 bits per heavy atom. The van der Waals surface area contributed by atoms with Crippen molar-refractivity contribution in [3.8, 4) is 0 Å². The molecule has 0 heterocycles. The van der Waals surface area contributed by atoms with Gasteiger partial charge in [-0.15, -0.1) is 0 Å². The number of urea groups is 1. The largest absolute Gasteiger partial charge is 0.416 e. The van der Waals surface area contributed by atoms with Crippen molar-refractivity contribution in [1.82, 2.24) is 10.6 Å². The normalized spacial score (nSPS) is 28.8. The van der Waals surface area contributed by atoms with Gasteiger partial charge in [-0.1, -0.05) is 12.1 Å². The second kappa shape index (κ2) is 5.07. The highest BCUT2D eigenvalue weighted by atomic mass is 19.4. The molecule has 0 aliphatic heterocycles. The van der Waals surface area contributed by atoms with Crippen molar-refractivity contribution < 1.29 is 26.7 Å². The summed E-state index contributed by atoms with van der Waals surface area (Å²) in [5.41, 5.74) is -1.96. The lowest BCUT2D eigenvalue weighted by atomic mass is 9.39. The molecule has 8 heteroatoms. The lowest BCUT2D eigenvalue weighted by Crippen LogP contribution is -2.77. The van der Waals surface area contributed by atoms with Gasteiger partial charge in [0, 0.05) is 17.5 Å². The average molecular weight is 334 g/mol. The fourth-order valence-corrected chi connectivity index (χ4v) is 3.56. The van der Waals surface area contributed by atoms with E-state index in [2.05, 4.69) is 10.6 Å². The van der Waals surface area contributed by atoms with Gasteiger partial charge in [0.2, 0.25) is 6.43 Å². The van der Waals surface area contributed by atoms with Crippen LogP contribution in [0.25, 0.3) is 0 Å². The summed E-state index contributed by atoms with van der Waals surface area (Å²) in [5.74, 6) is 0. The van der Waals surface area contributed by atoms with Gasteiger partial charge in [-0.05, 0) is 37.0 Å². The second-order valence-corrected chi connectivity index (χ2v) is 6.48. The van der Waals surface area contributed by atoms with Gasteiger partial charge in [-0.25, -0.2) is 13.6 Å². The zero-order valence-electron chi connectivity index (χ0n) is 12.0. The van der Waals surface area contributed by atoms with E-state index in [4.69, 9.17) is 0 Å². The third-order valence-corrected chi connectivity index (χ3v) is 4.62. The first-order chi connectivity index (χ1) is 10.6. The molecule has 0 spiro atoms. The number of carbonyl (C=O) groups is 1. The molecule has 0 atom stereocenters. The van der Waals surface area contributed by atoms with E-state index in [0.717, 1.165) is 12.1 Å². The van der Waals surface area contributed by atoms with Gasteiger partial charge in [0.25, 0.3) is 0 Å². The first-order valence-corrected chi connectivity index (χ1v) is 7.15. The van der Waals surface area contributed by atoms with Gasteiger partial charge in [0.05, 0.1) is 5.56 Å². The summed E-state index contributed by atoms with van der Waals surface area (Å²) in [4.78, 5) is 11.8. The fourth-order valence-electron chi connectivity index (χ4n) is 3.56. The van der Waals surface area contributed by atoms with Crippen LogP contribution in [0.3, 0.4) is 0 Å². The number of rotatable bonds is 4. The fraction of sp³-hybridized carbons (Fsp3) is 0.533. The maximum atomic E-state index is 12.7. The minimum Gasteiger partial charge on any atom is -0.334 e. The third kappa shape index (κ3) is 2.86. The molecule has 2 N–H and O–H groups in total. The molecule has 3 saturated carbocycles. The molecule has 0 saturated heterocycles. The smallest absolute Gasteiger partial charge is 0.334 e. The van der Waals surface area contributed by atoms with Gasteiger partial charge < -0.3 is 10.6 Å². The summed E-state index contributed by atoms with van der Waals surface area (Å²) in [5, 5.41) is 5.11. The van der Waals surface area contributed by atoms with Crippen LogP contribution in [0.1, 0.15) is 30.4 Å². The Balaban J connectivity index is 1.49. The average Bonchev–Trinajstić information content (AvgIpc) is 2.38. The number of halogens is 5. The van der Waals surface area contributed by atoms with Crippen LogP contribution in [0.5, 0.6) is 0 Å². The van der Waals surface area contributed by atoms with E-state index < -0.39 is 35.2 Å². The summed E-state index contributed by atoms with van der Waals surface area (Å²) < 4.78 is 63.2. The standard InChI is InChI=1S/C15H15F5N2O/c16-11(17)13-6-14(7-13,8-13)22-12(23)21-5-9-2-1-3-10(4-9)15(18,19)20/h1-4,11H,5-8H2,(H2,21,22,23). The Morgan fingerprint density at radius 2 is 1.87 bits per heavy atom. The summed E-state index contributed by atoms with van der Waals surface area (Å²) >= 11 is 0. The van der Waals surface area contributed by atoms with Crippen molar-refractivity contribution in [2.45, 2.75) is 43.9 Å². The molecular weight excluding hydrogens is 319 g/mol. The zero-order chi connectivity index (χ0) is 16.9. The number of alkyl halides is 5. The molecule has 23 heavy (non-hydrogen) atoms. The van der Waals surface area contributed by atoms with Crippen molar-refractivity contribution in [3.05, 3.63) is 35.4 Å². The van der Waals surface area contributed by atoms with Gasteiger partial charge in [-0.2, -0.15) is 13.2 Å². The van der Waals surface area contributed by atoms with E-state index in [1.165, 1.54) is 12.1 Å². The Hall–Kier alpha value is -1.86. The van der Waals surface area contributed by atoms with Crippen LogP contribution in [0.4, 0.5) is 26.7 Å². The molecule has 126 valence electrons. The van der Waals surface area contributed by atoms with Crippen LogP contribution in [0.15, 0.2) is 24.3 Å². The molecule has 0 radical (unpaired) electrons. The van der Waals surface area contributed by atoms with Crippen LogP contribution >= 0.6 is 0 Å². The first-order valence-electron chi connectivity index (χ1n) is 7.15. The number of hydrogen-bond acceptors (Lipinski definition) is 1. The van der Waals surface area contributed by atoms with Gasteiger partial charge in [0.1, 0.15) is 0 Å². The maximum Gasteiger partial charge on any atom is 0.416 e. The van der Waals surface area contributed by atoms with Crippen LogP contribution in [-0.2, 0) is 12.7 Å². The first kappa shape index (κ1) is 16.0. The van der Waals surface area contributed by atoms with E-state index >= 15 is 0 Å². The van der Waals surface area contributed by atoms with E-state index in [-0.39, 0.29) is 25.8 Å². The molecule has 1 aromatic carbocycles. The summed E-state index contributed by atoms with van der Waals surface area (Å²) in [7, 11) is 0. The molecule has 4 rings (SSSR count). The van der Waals surface area contributed by atoms with E-state index in [1.54, 1.807) is 0 Å². The highest BCUT2D eigenvalue weighted by molar-refractivity contribution is 5.75. The topological polar surface area (TPSA) is 41.1 Å². The van der Waals surface area contributed by atoms with Crippen molar-refractivity contribution >= 4 is 6.03 Å². The van der Waals surface area contributed by atoms with Crippen LogP contribution in [-0.4, -0.2) is 18.0 Å². The number of benzene rings is 1. The van der Waals surface area contributed by atoms with E-state index in [9.17, 15) is 26.7 Å². The van der Waals surface area contributed by atoms with Crippen LogP contribution in [0, 0.1) is 5.41 Å². The molecular formula is C15H15F5N2O. The Kier molecular flexibility index (Phi) is 3.53. The summed E-state index contributed by atoms with van der Waals surface area (Å²) in [6.07, 6.45) is -6.04. The van der Waals surface area contributed by atoms with E-state index in [0.29, 0.717) is 5.56 Å². The zero-order valence-corrected chi connectivity index (χ0v) is 12.0. The summed E-state index contributed by atoms with van der Waals surface area (Å²) in [6, 6.07) is 4.11. The minimum atomic E-state index is -4.44. The molecule has 3 aliphatic rings. The summed E-state index contributed by atoms with van der Waals surface area (Å²) in [6.45, 7) is -0.0637. The number of carbonyl (C=O) groups excluding carboxylic acids is 1. The van der Waals surface area contributed by atoms with Gasteiger partial charge in [0.15, 0.2) is 0 Å². The molecule has 3 aliphatic carbocycles. The SMILES string of the molecule is O=C(NCc1cccc(C(F)(F)F)c1)NC12CC(C(F)F)(C1)C2. The quantitative estimate of drug-likeness (QED) is 0.810. The molecule has 2 bridgehead atoms. The molecule has 1 aromatic rings. The molecule has 0 aromatic heterocycles. The van der Waals surface area contributed by atoms with Crippen molar-refractivity contribution in [2.24, 2.45) is 5.41 Å². The third-order valence-electron chi connectivity index (χ3n) is 4.62. The molecule has 0 unspecified atom stereocenters. The molecule has 3 nitrogen and oxygen atoms in total. The Labute approximate surface area is 129 Å². The van der Waals surface area contributed by atoms with E-state index in [1.807, 2.05) is 0 Å². The predicted octanol–water partition coefficient (Wildman–Crippen LogP) is 3.69. The number of nitrogens with one attached hydrogen (secondary N) is 2. The highest BCUT2D eigenvalue weighted by Gasteiger charge is 2.72. The maximum absolute atomic E-state index is 12.7. The van der Waals surface area contributed by atoms with Crippen LogP contribution < -0.4 is 10.6 Å². The van der Waals surface area contributed by atoms with Crippen molar-refractivity contribution in [1.29, 1.82) is 0 Å². The second-order valence-electron chi connectivity index (χ2n) is 6.48. The van der Waals surface area contributed by atoms with Crippen LogP contribution in [0.2, 0.25) is 0 Å². The minimum absolute atomic E-state index is 0.0637. The number of hydrogen-bond donors (Lipinski definition) is 2. The highest BCUT2D eigenvalue weighted by Crippen LogP contribution is 2.69.